The van der Waals surface area contributed by atoms with Crippen molar-refractivity contribution in [1.29, 1.82) is 0 Å². The van der Waals surface area contributed by atoms with Crippen LogP contribution in [-0.4, -0.2) is 28.7 Å². The summed E-state index contributed by atoms with van der Waals surface area (Å²) in [5.74, 6) is 1.29. The summed E-state index contributed by atoms with van der Waals surface area (Å²) >= 11 is 0. The van der Waals surface area contributed by atoms with Crippen molar-refractivity contribution in [2.45, 2.75) is 20.4 Å². The number of benzene rings is 2. The molecule has 0 saturated carbocycles. The van der Waals surface area contributed by atoms with Gasteiger partial charge >= 0.3 is 0 Å². The van der Waals surface area contributed by atoms with Crippen LogP contribution in [0.2, 0.25) is 0 Å². The van der Waals surface area contributed by atoms with Crippen molar-refractivity contribution >= 4 is 22.6 Å². The number of aryl methyl sites for hydroxylation is 2. The number of amides is 1. The molecule has 1 aromatic heterocycles. The molecule has 2 heterocycles. The van der Waals surface area contributed by atoms with Crippen LogP contribution in [0.25, 0.3) is 11.0 Å². The van der Waals surface area contributed by atoms with E-state index in [2.05, 4.69) is 10.3 Å². The van der Waals surface area contributed by atoms with Crippen molar-refractivity contribution in [2.24, 2.45) is 0 Å². The first kappa shape index (κ1) is 15.5. The van der Waals surface area contributed by atoms with E-state index in [1.54, 1.807) is 6.33 Å². The second-order valence-corrected chi connectivity index (χ2v) is 6.22. The quantitative estimate of drug-likeness (QED) is 0.798. The molecule has 3 aromatic rings. The lowest BCUT2D eigenvalue weighted by molar-refractivity contribution is -0.116. The van der Waals surface area contributed by atoms with E-state index in [9.17, 15) is 4.79 Å². The molecular formula is C19H19N3O3. The molecular weight excluding hydrogens is 318 g/mol. The Kier molecular flexibility index (Phi) is 3.80. The molecule has 1 amide bonds. The van der Waals surface area contributed by atoms with Gasteiger partial charge in [0.2, 0.25) is 5.91 Å². The monoisotopic (exact) mass is 337 g/mol. The molecule has 1 N–H and O–H groups in total. The number of nitrogens with zero attached hydrogens (tertiary/aromatic N) is 2. The first-order chi connectivity index (χ1) is 12.1. The minimum atomic E-state index is -0.0945. The molecule has 0 fully saturated rings. The molecule has 25 heavy (non-hydrogen) atoms. The Morgan fingerprint density at radius 2 is 1.92 bits per heavy atom. The van der Waals surface area contributed by atoms with Gasteiger partial charge < -0.3 is 19.4 Å². The zero-order valence-electron chi connectivity index (χ0n) is 14.2. The maximum Gasteiger partial charge on any atom is 0.244 e. The number of imidazole rings is 1. The lowest BCUT2D eigenvalue weighted by Crippen LogP contribution is -2.19. The van der Waals surface area contributed by atoms with Crippen LogP contribution in [0.15, 0.2) is 36.7 Å². The molecule has 6 nitrogen and oxygen atoms in total. The first-order valence-electron chi connectivity index (χ1n) is 8.22. The van der Waals surface area contributed by atoms with Crippen LogP contribution in [0.1, 0.15) is 11.1 Å². The molecule has 1 aliphatic rings. The number of hydrogen-bond donors (Lipinski definition) is 1. The van der Waals surface area contributed by atoms with Gasteiger partial charge in [0.1, 0.15) is 19.8 Å². The van der Waals surface area contributed by atoms with Gasteiger partial charge in [-0.05, 0) is 31.0 Å². The van der Waals surface area contributed by atoms with E-state index >= 15 is 0 Å². The molecule has 0 bridgehead atoms. The second kappa shape index (κ2) is 6.12. The van der Waals surface area contributed by atoms with Crippen molar-refractivity contribution in [3.05, 3.63) is 47.8 Å². The molecule has 1 aliphatic heterocycles. The molecule has 128 valence electrons. The summed E-state index contributed by atoms with van der Waals surface area (Å²) in [6.45, 7) is 5.23. The van der Waals surface area contributed by atoms with Crippen LogP contribution in [0.5, 0.6) is 11.5 Å². The number of hydrogen-bond acceptors (Lipinski definition) is 4. The van der Waals surface area contributed by atoms with E-state index < -0.39 is 0 Å². The highest BCUT2D eigenvalue weighted by Crippen LogP contribution is 2.34. The largest absolute Gasteiger partial charge is 0.486 e. The number of rotatable bonds is 3. The minimum absolute atomic E-state index is 0.0945. The highest BCUT2D eigenvalue weighted by Gasteiger charge is 2.16. The number of fused-ring (bicyclic) bond motifs is 2. The van der Waals surface area contributed by atoms with E-state index in [-0.39, 0.29) is 12.5 Å². The smallest absolute Gasteiger partial charge is 0.244 e. The summed E-state index contributed by atoms with van der Waals surface area (Å²) < 4.78 is 13.0. The Hall–Kier alpha value is -3.02. The van der Waals surface area contributed by atoms with Crippen molar-refractivity contribution in [3.63, 3.8) is 0 Å². The first-order valence-corrected chi connectivity index (χ1v) is 8.22. The Morgan fingerprint density at radius 1 is 1.16 bits per heavy atom. The van der Waals surface area contributed by atoms with Gasteiger partial charge in [0.15, 0.2) is 11.5 Å². The lowest BCUT2D eigenvalue weighted by atomic mass is 10.1. The van der Waals surface area contributed by atoms with E-state index in [0.29, 0.717) is 24.7 Å². The fourth-order valence-corrected chi connectivity index (χ4v) is 2.94. The molecule has 0 saturated heterocycles. The van der Waals surface area contributed by atoms with Crippen molar-refractivity contribution in [2.75, 3.05) is 18.5 Å². The van der Waals surface area contributed by atoms with Crippen LogP contribution in [0.3, 0.4) is 0 Å². The molecule has 0 aliphatic carbocycles. The number of ether oxygens (including phenoxy) is 2. The lowest BCUT2D eigenvalue weighted by Gasteiger charge is -2.18. The predicted octanol–water partition coefficient (Wildman–Crippen LogP) is 3.06. The van der Waals surface area contributed by atoms with Gasteiger partial charge in [0.05, 0.1) is 17.4 Å². The van der Waals surface area contributed by atoms with Crippen LogP contribution >= 0.6 is 0 Å². The number of carbonyl (C=O) groups excluding carboxylic acids is 1. The van der Waals surface area contributed by atoms with Crippen molar-refractivity contribution < 1.29 is 14.3 Å². The predicted molar refractivity (Wildman–Crippen MR) is 95.3 cm³/mol. The standard InChI is InChI=1S/C19H19N3O3/c1-12-3-4-13(2)14(7-12)21-19(23)10-22-11-20-15-8-17-18(9-16(15)22)25-6-5-24-17/h3-4,7-9,11H,5-6,10H2,1-2H3,(H,21,23). The van der Waals surface area contributed by atoms with Gasteiger partial charge in [-0.2, -0.15) is 0 Å². The Morgan fingerprint density at radius 3 is 2.72 bits per heavy atom. The average Bonchev–Trinajstić information content (AvgIpc) is 2.98. The fourth-order valence-electron chi connectivity index (χ4n) is 2.94. The van der Waals surface area contributed by atoms with Crippen LogP contribution in [0.4, 0.5) is 5.69 Å². The van der Waals surface area contributed by atoms with Crippen LogP contribution in [0, 0.1) is 13.8 Å². The van der Waals surface area contributed by atoms with E-state index in [1.807, 2.05) is 48.7 Å². The van der Waals surface area contributed by atoms with Crippen LogP contribution in [-0.2, 0) is 11.3 Å². The van der Waals surface area contributed by atoms with Gasteiger partial charge in [-0.25, -0.2) is 4.98 Å². The number of anilines is 1. The van der Waals surface area contributed by atoms with Crippen molar-refractivity contribution in [1.82, 2.24) is 9.55 Å². The normalized spacial score (nSPS) is 13.0. The number of nitrogens with one attached hydrogen (secondary N) is 1. The van der Waals surface area contributed by atoms with E-state index in [0.717, 1.165) is 27.8 Å². The molecule has 0 atom stereocenters. The van der Waals surface area contributed by atoms with Gasteiger partial charge in [-0.3, -0.25) is 4.79 Å². The summed E-state index contributed by atoms with van der Waals surface area (Å²) in [4.78, 5) is 16.8. The zero-order valence-corrected chi connectivity index (χ0v) is 14.2. The van der Waals surface area contributed by atoms with E-state index in [4.69, 9.17) is 9.47 Å². The molecule has 4 rings (SSSR count). The Balaban J connectivity index is 1.58. The van der Waals surface area contributed by atoms with Gasteiger partial charge in [0.25, 0.3) is 0 Å². The average molecular weight is 337 g/mol. The maximum absolute atomic E-state index is 12.5. The zero-order chi connectivity index (χ0) is 17.4. The van der Waals surface area contributed by atoms with E-state index in [1.165, 1.54) is 0 Å². The third-order valence-electron chi connectivity index (χ3n) is 4.27. The summed E-state index contributed by atoms with van der Waals surface area (Å²) in [6.07, 6.45) is 1.67. The van der Waals surface area contributed by atoms with Gasteiger partial charge in [-0.15, -0.1) is 0 Å². The third kappa shape index (κ3) is 3.03. The van der Waals surface area contributed by atoms with Crippen molar-refractivity contribution in [3.8, 4) is 11.5 Å². The summed E-state index contributed by atoms with van der Waals surface area (Å²) in [7, 11) is 0. The minimum Gasteiger partial charge on any atom is -0.486 e. The topological polar surface area (TPSA) is 65.4 Å². The van der Waals surface area contributed by atoms with Gasteiger partial charge in [-0.1, -0.05) is 12.1 Å². The number of aromatic nitrogens is 2. The molecule has 0 unspecified atom stereocenters. The highest BCUT2D eigenvalue weighted by molar-refractivity contribution is 5.92. The summed E-state index contributed by atoms with van der Waals surface area (Å²) in [5.41, 5.74) is 4.61. The SMILES string of the molecule is Cc1ccc(C)c(NC(=O)Cn2cnc3cc4c(cc32)OCCO4)c1. The number of carbonyl (C=O) groups is 1. The Labute approximate surface area is 145 Å². The third-order valence-corrected chi connectivity index (χ3v) is 4.27. The molecule has 6 heteroatoms. The Bertz CT molecular complexity index is 962. The summed E-state index contributed by atoms with van der Waals surface area (Å²) in [5, 5.41) is 2.97. The molecule has 2 aromatic carbocycles. The second-order valence-electron chi connectivity index (χ2n) is 6.22. The molecule has 0 spiro atoms. The van der Waals surface area contributed by atoms with Gasteiger partial charge in [0, 0.05) is 17.8 Å². The molecule has 0 radical (unpaired) electrons. The maximum atomic E-state index is 12.5. The summed E-state index contributed by atoms with van der Waals surface area (Å²) in [6, 6.07) is 9.73. The highest BCUT2D eigenvalue weighted by atomic mass is 16.6. The fraction of sp³-hybridized carbons (Fsp3) is 0.263. The van der Waals surface area contributed by atoms with Crippen LogP contribution < -0.4 is 14.8 Å².